The first kappa shape index (κ1) is 20.5. The molecule has 0 saturated heterocycles. The fourth-order valence-corrected chi connectivity index (χ4v) is 3.43. The second kappa shape index (κ2) is 9.34. The molecule has 0 heterocycles. The van der Waals surface area contributed by atoms with E-state index in [9.17, 15) is 18.4 Å². The third-order valence-corrected chi connectivity index (χ3v) is 5.11. The molecular formula is C22H18F2N2O2S. The van der Waals surface area contributed by atoms with Gasteiger partial charge in [-0.2, -0.15) is 0 Å². The minimum absolute atomic E-state index is 0.130. The van der Waals surface area contributed by atoms with Gasteiger partial charge < -0.3 is 10.6 Å². The Labute approximate surface area is 171 Å². The van der Waals surface area contributed by atoms with E-state index in [1.807, 2.05) is 6.07 Å². The fourth-order valence-electron chi connectivity index (χ4n) is 2.51. The van der Waals surface area contributed by atoms with Gasteiger partial charge in [-0.15, -0.1) is 11.8 Å². The van der Waals surface area contributed by atoms with Gasteiger partial charge >= 0.3 is 0 Å². The van der Waals surface area contributed by atoms with Crippen molar-refractivity contribution >= 4 is 35.0 Å². The van der Waals surface area contributed by atoms with Gasteiger partial charge in [0.15, 0.2) is 0 Å². The lowest BCUT2D eigenvalue weighted by Gasteiger charge is -2.13. The minimum atomic E-state index is -0.497. The molecule has 2 N–H and O–H groups in total. The molecule has 0 aromatic heterocycles. The van der Waals surface area contributed by atoms with E-state index < -0.39 is 16.9 Å². The van der Waals surface area contributed by atoms with E-state index in [1.54, 1.807) is 37.3 Å². The van der Waals surface area contributed by atoms with Crippen LogP contribution in [0.4, 0.5) is 20.2 Å². The van der Waals surface area contributed by atoms with Crippen LogP contribution in [-0.4, -0.2) is 17.1 Å². The highest BCUT2D eigenvalue weighted by Crippen LogP contribution is 2.27. The first-order valence-corrected chi connectivity index (χ1v) is 9.69. The molecule has 0 saturated carbocycles. The van der Waals surface area contributed by atoms with Crippen LogP contribution in [0.3, 0.4) is 0 Å². The van der Waals surface area contributed by atoms with Gasteiger partial charge in [-0.05, 0) is 61.5 Å². The monoisotopic (exact) mass is 412 g/mol. The molecule has 0 bridgehead atoms. The standard InChI is InChI=1S/C22H18F2N2O2S/c1-14(21(27)26-20-8-3-2-7-19(20)24)29-18-6-4-5-17(13-18)25-22(28)15-9-11-16(23)12-10-15/h2-14H,1H3,(H,25,28)(H,26,27). The average Bonchev–Trinajstić information content (AvgIpc) is 2.70. The summed E-state index contributed by atoms with van der Waals surface area (Å²) in [6, 6.07) is 18.2. The number of hydrogen-bond donors (Lipinski definition) is 2. The lowest BCUT2D eigenvalue weighted by molar-refractivity contribution is -0.115. The number of thioether (sulfide) groups is 1. The maximum atomic E-state index is 13.7. The van der Waals surface area contributed by atoms with Crippen LogP contribution in [-0.2, 0) is 4.79 Å². The number of hydrogen-bond acceptors (Lipinski definition) is 3. The second-order valence-corrected chi connectivity index (χ2v) is 7.63. The van der Waals surface area contributed by atoms with Crippen molar-refractivity contribution in [2.45, 2.75) is 17.1 Å². The van der Waals surface area contributed by atoms with Crippen LogP contribution in [0.1, 0.15) is 17.3 Å². The van der Waals surface area contributed by atoms with Crippen molar-refractivity contribution in [2.75, 3.05) is 10.6 Å². The van der Waals surface area contributed by atoms with Gasteiger partial charge in [-0.1, -0.05) is 18.2 Å². The highest BCUT2D eigenvalue weighted by Gasteiger charge is 2.16. The number of carbonyl (C=O) groups excluding carboxylic acids is 2. The number of anilines is 2. The Kier molecular flexibility index (Phi) is 6.61. The summed E-state index contributed by atoms with van der Waals surface area (Å²) >= 11 is 1.28. The molecule has 3 aromatic carbocycles. The number of carbonyl (C=O) groups is 2. The molecule has 0 aliphatic heterocycles. The van der Waals surface area contributed by atoms with Crippen molar-refractivity contribution in [1.29, 1.82) is 0 Å². The SMILES string of the molecule is CC(Sc1cccc(NC(=O)c2ccc(F)cc2)c1)C(=O)Nc1ccccc1F. The van der Waals surface area contributed by atoms with Crippen LogP contribution in [0, 0.1) is 11.6 Å². The van der Waals surface area contributed by atoms with E-state index in [-0.39, 0.29) is 17.5 Å². The molecule has 0 radical (unpaired) electrons. The summed E-state index contributed by atoms with van der Waals surface area (Å²) in [5.74, 6) is -1.61. The van der Waals surface area contributed by atoms with E-state index in [0.717, 1.165) is 4.90 Å². The third-order valence-electron chi connectivity index (χ3n) is 4.01. The summed E-state index contributed by atoms with van der Waals surface area (Å²) in [5, 5.41) is 4.82. The topological polar surface area (TPSA) is 58.2 Å². The quantitative estimate of drug-likeness (QED) is 0.538. The summed E-state index contributed by atoms with van der Waals surface area (Å²) in [6.45, 7) is 1.71. The van der Waals surface area contributed by atoms with E-state index in [2.05, 4.69) is 10.6 Å². The molecule has 1 atom stereocenters. The van der Waals surface area contributed by atoms with Crippen molar-refractivity contribution in [1.82, 2.24) is 0 Å². The van der Waals surface area contributed by atoms with Crippen molar-refractivity contribution in [2.24, 2.45) is 0 Å². The lowest BCUT2D eigenvalue weighted by atomic mass is 10.2. The summed E-state index contributed by atoms with van der Waals surface area (Å²) in [4.78, 5) is 25.4. The molecule has 7 heteroatoms. The summed E-state index contributed by atoms with van der Waals surface area (Å²) < 4.78 is 26.7. The molecular weight excluding hydrogens is 394 g/mol. The van der Waals surface area contributed by atoms with E-state index in [1.165, 1.54) is 48.2 Å². The first-order valence-electron chi connectivity index (χ1n) is 8.81. The second-order valence-electron chi connectivity index (χ2n) is 6.22. The smallest absolute Gasteiger partial charge is 0.255 e. The van der Waals surface area contributed by atoms with Crippen LogP contribution >= 0.6 is 11.8 Å². The van der Waals surface area contributed by atoms with Crippen molar-refractivity contribution in [3.8, 4) is 0 Å². The number of benzene rings is 3. The van der Waals surface area contributed by atoms with Crippen molar-refractivity contribution in [3.05, 3.63) is 90.0 Å². The summed E-state index contributed by atoms with van der Waals surface area (Å²) in [6.07, 6.45) is 0. The number of nitrogens with one attached hydrogen (secondary N) is 2. The maximum Gasteiger partial charge on any atom is 0.255 e. The summed E-state index contributed by atoms with van der Waals surface area (Å²) in [5.41, 5.74) is 1.01. The molecule has 148 valence electrons. The molecule has 0 aliphatic carbocycles. The van der Waals surface area contributed by atoms with Gasteiger partial charge in [0.05, 0.1) is 10.9 Å². The van der Waals surface area contributed by atoms with Crippen LogP contribution in [0.25, 0.3) is 0 Å². The van der Waals surface area contributed by atoms with Crippen molar-refractivity contribution < 1.29 is 18.4 Å². The third kappa shape index (κ3) is 5.65. The molecule has 3 rings (SSSR count). The van der Waals surface area contributed by atoms with Gasteiger partial charge in [0.2, 0.25) is 5.91 Å². The highest BCUT2D eigenvalue weighted by atomic mass is 32.2. The van der Waals surface area contributed by atoms with Gasteiger partial charge in [0, 0.05) is 16.1 Å². The Morgan fingerprint density at radius 3 is 2.34 bits per heavy atom. The predicted molar refractivity (Wildman–Crippen MR) is 111 cm³/mol. The molecule has 2 amide bonds. The Morgan fingerprint density at radius 2 is 1.62 bits per heavy atom. The van der Waals surface area contributed by atoms with Gasteiger partial charge in [-0.25, -0.2) is 8.78 Å². The Hall–Kier alpha value is -3.19. The molecule has 1 unspecified atom stereocenters. The van der Waals surface area contributed by atoms with Crippen LogP contribution in [0.5, 0.6) is 0 Å². The fraction of sp³-hybridized carbons (Fsp3) is 0.0909. The van der Waals surface area contributed by atoms with E-state index >= 15 is 0 Å². The van der Waals surface area contributed by atoms with Gasteiger partial charge in [0.25, 0.3) is 5.91 Å². The van der Waals surface area contributed by atoms with Crippen LogP contribution < -0.4 is 10.6 Å². The Balaban J connectivity index is 1.63. The number of halogens is 2. The number of para-hydroxylation sites is 1. The Bertz CT molecular complexity index is 1030. The van der Waals surface area contributed by atoms with Crippen molar-refractivity contribution in [3.63, 3.8) is 0 Å². The molecule has 0 spiro atoms. The normalized spacial score (nSPS) is 11.6. The van der Waals surface area contributed by atoms with Crippen LogP contribution in [0.15, 0.2) is 77.7 Å². The zero-order valence-corrected chi connectivity index (χ0v) is 16.3. The molecule has 4 nitrogen and oxygen atoms in total. The molecule has 3 aromatic rings. The predicted octanol–water partition coefficient (Wildman–Crippen LogP) is 5.34. The molecule has 0 aliphatic rings. The van der Waals surface area contributed by atoms with Gasteiger partial charge in [-0.3, -0.25) is 9.59 Å². The lowest BCUT2D eigenvalue weighted by Crippen LogP contribution is -2.22. The average molecular weight is 412 g/mol. The van der Waals surface area contributed by atoms with E-state index in [4.69, 9.17) is 0 Å². The largest absolute Gasteiger partial charge is 0.323 e. The Morgan fingerprint density at radius 1 is 0.897 bits per heavy atom. The zero-order chi connectivity index (χ0) is 20.8. The number of rotatable bonds is 6. The molecule has 29 heavy (non-hydrogen) atoms. The first-order chi connectivity index (χ1) is 13.9. The highest BCUT2D eigenvalue weighted by molar-refractivity contribution is 8.00. The number of amides is 2. The zero-order valence-electron chi connectivity index (χ0n) is 15.5. The van der Waals surface area contributed by atoms with Gasteiger partial charge in [0.1, 0.15) is 11.6 Å². The van der Waals surface area contributed by atoms with Crippen LogP contribution in [0.2, 0.25) is 0 Å². The van der Waals surface area contributed by atoms with E-state index in [0.29, 0.717) is 11.3 Å². The minimum Gasteiger partial charge on any atom is -0.323 e. The maximum absolute atomic E-state index is 13.7. The summed E-state index contributed by atoms with van der Waals surface area (Å²) in [7, 11) is 0. The molecule has 0 fully saturated rings.